The fourth-order valence-electron chi connectivity index (χ4n) is 2.21. The van der Waals surface area contributed by atoms with Crippen molar-refractivity contribution in [1.82, 2.24) is 4.98 Å². The predicted octanol–water partition coefficient (Wildman–Crippen LogP) is 3.84. The second kappa shape index (κ2) is 6.40. The number of fused-ring (bicyclic) bond motifs is 1. The smallest absolute Gasteiger partial charge is 0.263 e. The van der Waals surface area contributed by atoms with Crippen LogP contribution in [0.5, 0.6) is 11.5 Å². The number of aromatic nitrogens is 1. The van der Waals surface area contributed by atoms with Gasteiger partial charge in [-0.3, -0.25) is 10.1 Å². The number of amides is 1. The molecule has 0 spiro atoms. The number of hydrogen-bond acceptors (Lipinski definition) is 5. The highest BCUT2D eigenvalue weighted by Gasteiger charge is 2.20. The van der Waals surface area contributed by atoms with E-state index >= 15 is 0 Å². The van der Waals surface area contributed by atoms with E-state index in [4.69, 9.17) is 9.47 Å². The molecule has 0 aliphatic rings. The molecule has 0 bridgehead atoms. The molecule has 1 heterocycles. The molecule has 3 aromatic rings. The molecular weight excluding hydrogens is 338 g/mol. The van der Waals surface area contributed by atoms with Gasteiger partial charge in [0.1, 0.15) is 38.9 Å². The highest BCUT2D eigenvalue weighted by atomic mass is 32.1. The molecule has 0 atom stereocenters. The van der Waals surface area contributed by atoms with Gasteiger partial charge in [-0.05, 0) is 24.3 Å². The molecule has 0 radical (unpaired) electrons. The van der Waals surface area contributed by atoms with Crippen molar-refractivity contribution in [2.45, 2.75) is 0 Å². The number of halogens is 2. The maximum atomic E-state index is 13.7. The zero-order valence-corrected chi connectivity index (χ0v) is 13.5. The Morgan fingerprint density at radius 2 is 1.71 bits per heavy atom. The van der Waals surface area contributed by atoms with Crippen molar-refractivity contribution in [3.63, 3.8) is 0 Å². The summed E-state index contributed by atoms with van der Waals surface area (Å²) in [5.74, 6) is -1.74. The van der Waals surface area contributed by atoms with Crippen LogP contribution in [0.2, 0.25) is 0 Å². The molecule has 2 aromatic carbocycles. The molecule has 5 nitrogen and oxygen atoms in total. The SMILES string of the molecule is COc1ccc(OC)c2sc(NC(=O)c3c(F)cccc3F)nc12. The van der Waals surface area contributed by atoms with Crippen LogP contribution in [0.3, 0.4) is 0 Å². The Bertz CT molecular complexity index is 866. The van der Waals surface area contributed by atoms with E-state index in [0.29, 0.717) is 21.7 Å². The number of ether oxygens (including phenoxy) is 2. The van der Waals surface area contributed by atoms with Crippen LogP contribution in [0.4, 0.5) is 13.9 Å². The molecule has 1 aromatic heterocycles. The van der Waals surface area contributed by atoms with E-state index in [1.807, 2.05) is 0 Å². The van der Waals surface area contributed by atoms with Crippen LogP contribution < -0.4 is 14.8 Å². The molecule has 124 valence electrons. The topological polar surface area (TPSA) is 60.5 Å². The van der Waals surface area contributed by atoms with E-state index in [1.165, 1.54) is 20.3 Å². The second-order valence-corrected chi connectivity index (χ2v) is 5.72. The minimum absolute atomic E-state index is 0.181. The first-order valence-electron chi connectivity index (χ1n) is 6.82. The summed E-state index contributed by atoms with van der Waals surface area (Å²) >= 11 is 1.12. The van der Waals surface area contributed by atoms with Crippen molar-refractivity contribution in [3.8, 4) is 11.5 Å². The number of thiazole rings is 1. The molecule has 3 rings (SSSR count). The number of carbonyl (C=O) groups excluding carboxylic acids is 1. The molecule has 24 heavy (non-hydrogen) atoms. The monoisotopic (exact) mass is 350 g/mol. The van der Waals surface area contributed by atoms with E-state index in [-0.39, 0.29) is 5.13 Å². The van der Waals surface area contributed by atoms with Crippen LogP contribution in [0.25, 0.3) is 10.2 Å². The van der Waals surface area contributed by atoms with Crippen molar-refractivity contribution in [1.29, 1.82) is 0 Å². The van der Waals surface area contributed by atoms with Gasteiger partial charge in [-0.25, -0.2) is 13.8 Å². The van der Waals surface area contributed by atoms with E-state index in [1.54, 1.807) is 12.1 Å². The lowest BCUT2D eigenvalue weighted by atomic mass is 10.2. The highest BCUT2D eigenvalue weighted by molar-refractivity contribution is 7.22. The molecule has 0 saturated heterocycles. The Hall–Kier alpha value is -2.74. The molecule has 1 N–H and O–H groups in total. The third-order valence-electron chi connectivity index (χ3n) is 3.32. The number of hydrogen-bond donors (Lipinski definition) is 1. The van der Waals surface area contributed by atoms with Crippen molar-refractivity contribution >= 4 is 32.6 Å². The van der Waals surface area contributed by atoms with Gasteiger partial charge in [0.05, 0.1) is 14.2 Å². The molecule has 0 saturated carbocycles. The van der Waals surface area contributed by atoms with Gasteiger partial charge >= 0.3 is 0 Å². The fourth-order valence-corrected chi connectivity index (χ4v) is 3.18. The van der Waals surface area contributed by atoms with E-state index in [0.717, 1.165) is 23.5 Å². The highest BCUT2D eigenvalue weighted by Crippen LogP contribution is 2.38. The molecule has 8 heteroatoms. The zero-order valence-electron chi connectivity index (χ0n) is 12.7. The Morgan fingerprint density at radius 1 is 1.08 bits per heavy atom. The summed E-state index contributed by atoms with van der Waals surface area (Å²) in [6.07, 6.45) is 0. The average molecular weight is 350 g/mol. The summed E-state index contributed by atoms with van der Waals surface area (Å²) in [6.45, 7) is 0. The predicted molar refractivity (Wildman–Crippen MR) is 87.0 cm³/mol. The van der Waals surface area contributed by atoms with Crippen LogP contribution in [-0.2, 0) is 0 Å². The number of nitrogens with one attached hydrogen (secondary N) is 1. The van der Waals surface area contributed by atoms with Gasteiger partial charge in [0.25, 0.3) is 5.91 Å². The van der Waals surface area contributed by atoms with Crippen LogP contribution in [0.15, 0.2) is 30.3 Å². The summed E-state index contributed by atoms with van der Waals surface area (Å²) < 4.78 is 38.5. The van der Waals surface area contributed by atoms with Gasteiger partial charge in [-0.15, -0.1) is 0 Å². The number of carbonyl (C=O) groups is 1. The van der Waals surface area contributed by atoms with Crippen LogP contribution in [-0.4, -0.2) is 25.1 Å². The number of nitrogens with zero attached hydrogens (tertiary/aromatic N) is 1. The second-order valence-electron chi connectivity index (χ2n) is 4.72. The third kappa shape index (κ3) is 2.76. The lowest BCUT2D eigenvalue weighted by Crippen LogP contribution is -2.15. The number of methoxy groups -OCH3 is 2. The summed E-state index contributed by atoms with van der Waals surface area (Å²) in [7, 11) is 3.00. The van der Waals surface area contributed by atoms with Crippen molar-refractivity contribution in [3.05, 3.63) is 47.5 Å². The van der Waals surface area contributed by atoms with Gasteiger partial charge in [0.2, 0.25) is 0 Å². The molecule has 0 aliphatic heterocycles. The largest absolute Gasteiger partial charge is 0.495 e. The number of rotatable bonds is 4. The normalized spacial score (nSPS) is 10.7. The van der Waals surface area contributed by atoms with Crippen molar-refractivity contribution < 1.29 is 23.0 Å². The Morgan fingerprint density at radius 3 is 2.33 bits per heavy atom. The first-order chi connectivity index (χ1) is 11.5. The van der Waals surface area contributed by atoms with Gasteiger partial charge in [0, 0.05) is 0 Å². The Kier molecular flexibility index (Phi) is 4.30. The number of benzene rings is 2. The van der Waals surface area contributed by atoms with E-state index in [2.05, 4.69) is 10.3 Å². The summed E-state index contributed by atoms with van der Waals surface area (Å²) in [4.78, 5) is 16.4. The summed E-state index contributed by atoms with van der Waals surface area (Å²) in [5, 5.41) is 2.59. The minimum Gasteiger partial charge on any atom is -0.495 e. The van der Waals surface area contributed by atoms with Crippen LogP contribution >= 0.6 is 11.3 Å². The van der Waals surface area contributed by atoms with Gasteiger partial charge < -0.3 is 9.47 Å². The Balaban J connectivity index is 2.00. The fraction of sp³-hybridized carbons (Fsp3) is 0.125. The lowest BCUT2D eigenvalue weighted by Gasteiger charge is -2.04. The van der Waals surface area contributed by atoms with E-state index < -0.39 is 23.1 Å². The molecular formula is C16H12F2N2O3S. The molecule has 0 unspecified atom stereocenters. The van der Waals surface area contributed by atoms with Crippen LogP contribution in [0.1, 0.15) is 10.4 Å². The average Bonchev–Trinajstić information content (AvgIpc) is 2.97. The third-order valence-corrected chi connectivity index (χ3v) is 4.31. The van der Waals surface area contributed by atoms with Crippen LogP contribution in [0, 0.1) is 11.6 Å². The summed E-state index contributed by atoms with van der Waals surface area (Å²) in [6, 6.07) is 6.62. The minimum atomic E-state index is -0.941. The lowest BCUT2D eigenvalue weighted by molar-refractivity contribution is 0.101. The summed E-state index contributed by atoms with van der Waals surface area (Å²) in [5.41, 5.74) is -0.165. The zero-order chi connectivity index (χ0) is 17.3. The molecule has 0 aliphatic carbocycles. The standard InChI is InChI=1S/C16H12F2N2O3S/c1-22-10-6-7-11(23-2)14-13(10)19-16(24-14)20-15(21)12-8(17)4-3-5-9(12)18/h3-7H,1-2H3,(H,19,20,21). The van der Waals surface area contributed by atoms with Gasteiger partial charge in [-0.2, -0.15) is 0 Å². The molecule has 0 fully saturated rings. The van der Waals surface area contributed by atoms with Crippen molar-refractivity contribution in [2.24, 2.45) is 0 Å². The maximum absolute atomic E-state index is 13.7. The molecule has 1 amide bonds. The van der Waals surface area contributed by atoms with Crippen molar-refractivity contribution in [2.75, 3.05) is 19.5 Å². The Labute approximate surface area is 139 Å². The quantitative estimate of drug-likeness (QED) is 0.777. The maximum Gasteiger partial charge on any atom is 0.263 e. The first kappa shape index (κ1) is 16.1. The number of anilines is 1. The van der Waals surface area contributed by atoms with E-state index in [9.17, 15) is 13.6 Å². The van der Waals surface area contributed by atoms with Gasteiger partial charge in [0.15, 0.2) is 5.13 Å². The van der Waals surface area contributed by atoms with Gasteiger partial charge in [-0.1, -0.05) is 17.4 Å². The first-order valence-corrected chi connectivity index (χ1v) is 7.63.